The number of H-pyrrole nitrogens is 1. The highest BCUT2D eigenvalue weighted by molar-refractivity contribution is 7.98. The van der Waals surface area contributed by atoms with Gasteiger partial charge in [0.15, 0.2) is 0 Å². The molecule has 2 N–H and O–H groups in total. The number of piperidine rings is 1. The normalized spacial score (nSPS) is 18.1. The minimum Gasteiger partial charge on any atom is -0.379 e. The third kappa shape index (κ3) is 5.02. The Morgan fingerprint density at radius 1 is 1.21 bits per heavy atom. The number of nitrogens with zero attached hydrogens (tertiary/aromatic N) is 2. The summed E-state index contributed by atoms with van der Waals surface area (Å²) in [5.74, 6) is 0.414. The molecule has 2 aliphatic heterocycles. The van der Waals surface area contributed by atoms with Crippen molar-refractivity contribution >= 4 is 34.5 Å². The van der Waals surface area contributed by atoms with Crippen molar-refractivity contribution in [3.63, 3.8) is 0 Å². The molecule has 0 radical (unpaired) electrons. The number of hydrogen-bond donors (Lipinski definition) is 2. The number of hydrogen-bond acceptors (Lipinski definition) is 5. The lowest BCUT2D eigenvalue weighted by molar-refractivity contribution is -0.170. The van der Waals surface area contributed by atoms with Crippen LogP contribution in [0.4, 0.5) is 0 Å². The highest BCUT2D eigenvalue weighted by Gasteiger charge is 2.44. The van der Waals surface area contributed by atoms with Gasteiger partial charge in [-0.25, -0.2) is 0 Å². The van der Waals surface area contributed by atoms with E-state index in [1.54, 1.807) is 0 Å². The Labute approximate surface area is 233 Å². The summed E-state index contributed by atoms with van der Waals surface area (Å²) in [7, 11) is 0. The summed E-state index contributed by atoms with van der Waals surface area (Å²) in [5, 5.41) is 3.93. The van der Waals surface area contributed by atoms with Gasteiger partial charge in [-0.05, 0) is 64.8 Å². The molecule has 0 bridgehead atoms. The molecule has 208 valence electrons. The fourth-order valence-corrected chi connectivity index (χ4v) is 6.91. The number of ether oxygens (including phenoxy) is 1. The number of amides is 2. The number of para-hydroxylation sites is 1. The Morgan fingerprint density at radius 2 is 1.90 bits per heavy atom. The van der Waals surface area contributed by atoms with Gasteiger partial charge in [-0.2, -0.15) is 0 Å². The van der Waals surface area contributed by atoms with Gasteiger partial charge < -0.3 is 24.5 Å². The van der Waals surface area contributed by atoms with Crippen LogP contribution in [0.3, 0.4) is 0 Å². The fraction of sp³-hybridized carbons (Fsp3) is 0.500. The van der Waals surface area contributed by atoms with E-state index < -0.39 is 0 Å². The predicted octanol–water partition coefficient (Wildman–Crippen LogP) is 4.43. The zero-order chi connectivity index (χ0) is 27.9. The van der Waals surface area contributed by atoms with Crippen LogP contribution in [-0.4, -0.2) is 58.8 Å². The van der Waals surface area contributed by atoms with Crippen LogP contribution in [0.5, 0.6) is 0 Å². The molecule has 2 fully saturated rings. The van der Waals surface area contributed by atoms with Gasteiger partial charge in [0, 0.05) is 58.4 Å². The standard InChI is InChI=1S/C30H38N4O4S/c1-18-14-25(39-5)23(27(35)32-18)15-31-28(36)26-20(3)34(24-9-7-6-8-22(24)26)19(2)21-10-12-33(13-11-21)29(37)30(4)16-38-17-30/h6-9,14,19,21H,10-13,15-17H2,1-5H3,(H,31,36)(H,32,35)/t19-/m1/s1. The SMILES string of the molecule is CSc1cc(C)[nH]c(=O)c1CNC(=O)c1c(C)n([C@H](C)C2CCN(C(=O)C3(C)COC3)CC2)c2ccccc12. The first-order chi connectivity index (χ1) is 18.6. The maximum absolute atomic E-state index is 13.6. The minimum absolute atomic E-state index is 0.162. The van der Waals surface area contributed by atoms with E-state index in [1.807, 2.05) is 56.2 Å². The van der Waals surface area contributed by atoms with Crippen molar-refractivity contribution in [2.24, 2.45) is 11.3 Å². The van der Waals surface area contributed by atoms with Gasteiger partial charge in [0.05, 0.1) is 24.2 Å². The zero-order valence-electron chi connectivity index (χ0n) is 23.4. The average molecular weight is 551 g/mol. The summed E-state index contributed by atoms with van der Waals surface area (Å²) in [4.78, 5) is 44.9. The molecule has 0 saturated carbocycles. The van der Waals surface area contributed by atoms with E-state index >= 15 is 0 Å². The molecule has 2 amide bonds. The second kappa shape index (κ2) is 10.8. The Bertz CT molecular complexity index is 1460. The molecule has 0 spiro atoms. The number of carbonyl (C=O) groups excluding carboxylic acids is 2. The second-order valence-electron chi connectivity index (χ2n) is 11.3. The topological polar surface area (TPSA) is 96.4 Å². The first-order valence-corrected chi connectivity index (χ1v) is 14.9. The number of carbonyl (C=O) groups is 2. The number of likely N-dealkylation sites (tertiary alicyclic amines) is 1. The van der Waals surface area contributed by atoms with Crippen LogP contribution in [0.15, 0.2) is 40.0 Å². The van der Waals surface area contributed by atoms with Crippen molar-refractivity contribution in [2.45, 2.75) is 58.0 Å². The highest BCUT2D eigenvalue weighted by atomic mass is 32.2. The number of aryl methyl sites for hydroxylation is 1. The van der Waals surface area contributed by atoms with Crippen LogP contribution in [-0.2, 0) is 16.1 Å². The Kier molecular flexibility index (Phi) is 7.66. The molecule has 4 heterocycles. The number of fused-ring (bicyclic) bond motifs is 1. The third-order valence-electron chi connectivity index (χ3n) is 8.53. The van der Waals surface area contributed by atoms with Gasteiger partial charge in [-0.15, -0.1) is 11.8 Å². The maximum atomic E-state index is 13.6. The maximum Gasteiger partial charge on any atom is 0.254 e. The molecule has 0 aliphatic carbocycles. The van der Waals surface area contributed by atoms with Gasteiger partial charge in [-0.3, -0.25) is 14.4 Å². The van der Waals surface area contributed by atoms with Crippen molar-refractivity contribution in [1.29, 1.82) is 0 Å². The molecule has 2 saturated heterocycles. The Balaban J connectivity index is 1.36. The third-order valence-corrected chi connectivity index (χ3v) is 9.34. The summed E-state index contributed by atoms with van der Waals surface area (Å²) in [6.45, 7) is 10.8. The van der Waals surface area contributed by atoms with Crippen molar-refractivity contribution in [3.05, 3.63) is 63.2 Å². The number of pyridine rings is 1. The van der Waals surface area contributed by atoms with Gasteiger partial charge in [0.1, 0.15) is 0 Å². The number of rotatable bonds is 7. The first kappa shape index (κ1) is 27.5. The van der Waals surface area contributed by atoms with E-state index in [2.05, 4.69) is 27.9 Å². The fourth-order valence-electron chi connectivity index (χ4n) is 6.20. The Hall–Kier alpha value is -3.04. The van der Waals surface area contributed by atoms with Gasteiger partial charge in [-0.1, -0.05) is 18.2 Å². The highest BCUT2D eigenvalue weighted by Crippen LogP contribution is 2.37. The van der Waals surface area contributed by atoms with Crippen LogP contribution < -0.4 is 10.9 Å². The number of benzene rings is 1. The van der Waals surface area contributed by atoms with Gasteiger partial charge >= 0.3 is 0 Å². The molecule has 2 aliphatic rings. The van der Waals surface area contributed by atoms with E-state index in [0.29, 0.717) is 30.3 Å². The molecule has 8 nitrogen and oxygen atoms in total. The lowest BCUT2D eigenvalue weighted by Crippen LogP contribution is -2.55. The quantitative estimate of drug-likeness (QED) is 0.424. The molecule has 3 aromatic rings. The lowest BCUT2D eigenvalue weighted by atomic mass is 9.84. The van der Waals surface area contributed by atoms with E-state index in [4.69, 9.17) is 4.74 Å². The largest absolute Gasteiger partial charge is 0.379 e. The summed E-state index contributed by atoms with van der Waals surface area (Å²) in [5.41, 5.74) is 3.43. The lowest BCUT2D eigenvalue weighted by Gasteiger charge is -2.43. The van der Waals surface area contributed by atoms with Crippen molar-refractivity contribution < 1.29 is 14.3 Å². The first-order valence-electron chi connectivity index (χ1n) is 13.7. The molecular formula is C30H38N4O4S. The molecular weight excluding hydrogens is 512 g/mol. The van der Waals surface area contributed by atoms with Crippen molar-refractivity contribution in [1.82, 2.24) is 19.8 Å². The summed E-state index contributed by atoms with van der Waals surface area (Å²) >= 11 is 1.50. The smallest absolute Gasteiger partial charge is 0.254 e. The molecule has 0 unspecified atom stereocenters. The molecule has 2 aromatic heterocycles. The minimum atomic E-state index is -0.367. The van der Waals surface area contributed by atoms with Crippen LogP contribution in [0, 0.1) is 25.2 Å². The number of aromatic amines is 1. The van der Waals surface area contributed by atoms with E-state index in [9.17, 15) is 14.4 Å². The number of aromatic nitrogens is 2. The second-order valence-corrected chi connectivity index (χ2v) is 12.1. The van der Waals surface area contributed by atoms with Crippen LogP contribution >= 0.6 is 11.8 Å². The summed E-state index contributed by atoms with van der Waals surface area (Å²) < 4.78 is 7.60. The number of nitrogens with one attached hydrogen (secondary N) is 2. The van der Waals surface area contributed by atoms with Crippen LogP contribution in [0.25, 0.3) is 10.9 Å². The van der Waals surface area contributed by atoms with Crippen molar-refractivity contribution in [2.75, 3.05) is 32.6 Å². The van der Waals surface area contributed by atoms with E-state index in [1.165, 1.54) is 11.8 Å². The van der Waals surface area contributed by atoms with Gasteiger partial charge in [0.2, 0.25) is 5.91 Å². The summed E-state index contributed by atoms with van der Waals surface area (Å²) in [6.07, 6.45) is 3.77. The predicted molar refractivity (Wildman–Crippen MR) is 154 cm³/mol. The monoisotopic (exact) mass is 550 g/mol. The van der Waals surface area contributed by atoms with Crippen LogP contribution in [0.2, 0.25) is 0 Å². The zero-order valence-corrected chi connectivity index (χ0v) is 24.2. The Morgan fingerprint density at radius 3 is 2.54 bits per heavy atom. The van der Waals surface area contributed by atoms with E-state index in [-0.39, 0.29) is 35.4 Å². The average Bonchev–Trinajstić information content (AvgIpc) is 3.21. The molecule has 5 rings (SSSR count). The van der Waals surface area contributed by atoms with E-state index in [0.717, 1.165) is 53.1 Å². The van der Waals surface area contributed by atoms with Crippen molar-refractivity contribution in [3.8, 4) is 0 Å². The molecule has 39 heavy (non-hydrogen) atoms. The van der Waals surface area contributed by atoms with Gasteiger partial charge in [0.25, 0.3) is 11.5 Å². The molecule has 1 atom stereocenters. The molecule has 1 aromatic carbocycles. The summed E-state index contributed by atoms with van der Waals surface area (Å²) in [6, 6.07) is 10.1. The van der Waals surface area contributed by atoms with Crippen LogP contribution in [0.1, 0.15) is 60.0 Å². The molecule has 9 heteroatoms. The number of thioether (sulfide) groups is 1.